The molecule has 15 aromatic rings. The summed E-state index contributed by atoms with van der Waals surface area (Å²) in [5.74, 6) is -0.979. The number of aromatic nitrogens is 15. The minimum absolute atomic E-state index is 0.00457. The number of nitrogens with two attached hydrogens (primary N) is 2. The predicted octanol–water partition coefficient (Wildman–Crippen LogP) is 15.9. The number of hydrogen-bond donors (Lipinski definition) is 7. The SMILES string of the molecule is CC(=O)N(C)C1CN(C(=O)c2nc(N[C@@H](C)c3cccc(F)c3)nc3nc(C)sc23)C1.CO[C@@H]1CCN(C(=O)c2nc(N[C@@H](C)c3cccc(F)c3)nc3nc(C)sc23)C1.CO[C@H]1CCN(C(=O)c2nc(N[C@@H](C)c3cccc(F)c3)nc3nc(C)sc23)C1.Cc1nc2nc(N[C@@H](C)c3cccc(F)c3)nc(C(=O)N3CC[C@@H](N)C3)c2s1.Cc1nc2nc(N[C@@H](C)c3cccc(F)c3)nc(C(=O)N3CC[C@H](N)C3)c2s1. The lowest BCUT2D eigenvalue weighted by molar-refractivity contribution is -0.132. The quantitative estimate of drug-likeness (QED) is 0.0292. The van der Waals surface area contributed by atoms with Crippen LogP contribution in [0.3, 0.4) is 0 Å². The van der Waals surface area contributed by atoms with E-state index in [-0.39, 0.29) is 137 Å². The highest BCUT2D eigenvalue weighted by Gasteiger charge is 2.39. The van der Waals surface area contributed by atoms with Crippen LogP contribution in [0, 0.1) is 63.7 Å². The van der Waals surface area contributed by atoms with Gasteiger partial charge < -0.3 is 76.9 Å². The van der Waals surface area contributed by atoms with E-state index in [1.54, 1.807) is 81.0 Å². The van der Waals surface area contributed by atoms with Crippen LogP contribution in [0.4, 0.5) is 51.7 Å². The molecule has 10 aromatic heterocycles. The fraction of sp³-hybridized carbons (Fsp3) is 0.384. The van der Waals surface area contributed by atoms with Crippen molar-refractivity contribution in [2.75, 3.05) is 113 Å². The average molecular weight is 2070 g/mol. The van der Waals surface area contributed by atoms with Crippen LogP contribution in [-0.2, 0) is 14.3 Å². The predicted molar refractivity (Wildman–Crippen MR) is 550 cm³/mol. The maximum atomic E-state index is 13.6. The van der Waals surface area contributed by atoms with Gasteiger partial charge in [-0.25, -0.2) is 71.8 Å². The number of ether oxygens (including phenoxy) is 2. The number of methoxy groups -OCH3 is 2. The minimum atomic E-state index is -0.323. The molecule has 46 heteroatoms. The molecule has 36 nitrogen and oxygen atoms in total. The Morgan fingerprint density at radius 1 is 0.338 bits per heavy atom. The smallest absolute Gasteiger partial charge is 0.274 e. The molecule has 5 fully saturated rings. The number of benzene rings is 5. The van der Waals surface area contributed by atoms with Crippen LogP contribution in [0.15, 0.2) is 121 Å². The number of thiazole rings is 5. The summed E-state index contributed by atoms with van der Waals surface area (Å²) in [5, 5.41) is 19.9. The van der Waals surface area contributed by atoms with E-state index in [4.69, 9.17) is 20.9 Å². The van der Waals surface area contributed by atoms with Crippen LogP contribution in [-0.4, -0.2) is 257 Å². The molecular weight excluding hydrogens is 1960 g/mol. The van der Waals surface area contributed by atoms with Gasteiger partial charge in [0.05, 0.1) is 73.5 Å². The van der Waals surface area contributed by atoms with E-state index in [9.17, 15) is 50.7 Å². The van der Waals surface area contributed by atoms with Gasteiger partial charge in [0.1, 0.15) is 52.6 Å². The van der Waals surface area contributed by atoms with Crippen molar-refractivity contribution in [2.45, 2.75) is 162 Å². The van der Waals surface area contributed by atoms with Crippen molar-refractivity contribution in [1.29, 1.82) is 0 Å². The van der Waals surface area contributed by atoms with Crippen molar-refractivity contribution in [3.05, 3.63) is 232 Å². The average Bonchev–Trinajstić information content (AvgIpc) is 1.65. The lowest BCUT2D eigenvalue weighted by Crippen LogP contribution is -2.61. The highest BCUT2D eigenvalue weighted by molar-refractivity contribution is 7.20. The van der Waals surface area contributed by atoms with Gasteiger partial charge in [-0.3, -0.25) is 28.8 Å². The van der Waals surface area contributed by atoms with Gasteiger partial charge in [-0.1, -0.05) is 60.7 Å². The molecule has 5 aliphatic rings. The number of fused-ring (bicyclic) bond motifs is 5. The number of nitrogens with one attached hydrogen (secondary N) is 5. The van der Waals surface area contributed by atoms with E-state index >= 15 is 0 Å². The van der Waals surface area contributed by atoms with E-state index in [1.807, 2.05) is 99.6 Å². The van der Waals surface area contributed by atoms with Crippen molar-refractivity contribution in [3.8, 4) is 0 Å². The maximum Gasteiger partial charge on any atom is 0.274 e. The number of rotatable bonds is 23. The summed E-state index contributed by atoms with van der Waals surface area (Å²) in [5.41, 5.74) is 19.7. The molecule has 15 heterocycles. The topological polar surface area (TPSA) is 446 Å². The third kappa shape index (κ3) is 25.1. The molecular formula is C99H109F5N28O8S5. The number of likely N-dealkylation sites (tertiary alicyclic amines) is 5. The van der Waals surface area contributed by atoms with Gasteiger partial charge in [0.25, 0.3) is 29.5 Å². The minimum Gasteiger partial charge on any atom is -0.380 e. The number of aryl methyl sites for hydroxylation is 5. The number of carbonyl (C=O) groups excluding carboxylic acids is 6. The molecule has 0 saturated carbocycles. The molecule has 145 heavy (non-hydrogen) atoms. The zero-order chi connectivity index (χ0) is 103. The number of halogens is 5. The fourth-order valence-electron chi connectivity index (χ4n) is 17.0. The second-order valence-corrected chi connectivity index (χ2v) is 41.9. The van der Waals surface area contributed by atoms with E-state index in [0.29, 0.717) is 164 Å². The fourth-order valence-corrected chi connectivity index (χ4v) is 21.2. The summed E-state index contributed by atoms with van der Waals surface area (Å²) in [6.07, 6.45) is 3.27. The molecule has 20 rings (SSSR count). The van der Waals surface area contributed by atoms with Crippen molar-refractivity contribution >= 4 is 174 Å². The molecule has 758 valence electrons. The van der Waals surface area contributed by atoms with E-state index in [2.05, 4.69) is 101 Å². The van der Waals surface area contributed by atoms with Gasteiger partial charge in [0.15, 0.2) is 56.7 Å². The third-order valence-corrected chi connectivity index (χ3v) is 29.9. The number of anilines is 5. The highest BCUT2D eigenvalue weighted by atomic mass is 32.1. The zero-order valence-electron chi connectivity index (χ0n) is 82.0. The Bertz CT molecular complexity index is 6980. The first-order chi connectivity index (χ1) is 69.4. The van der Waals surface area contributed by atoms with Gasteiger partial charge in [-0.2, -0.15) is 24.9 Å². The van der Waals surface area contributed by atoms with Gasteiger partial charge in [-0.05, 0) is 183 Å². The maximum absolute atomic E-state index is 13.6. The summed E-state index contributed by atoms with van der Waals surface area (Å²) >= 11 is 6.98. The van der Waals surface area contributed by atoms with Crippen molar-refractivity contribution in [2.24, 2.45) is 11.5 Å². The number of likely N-dealkylation sites (N-methyl/N-ethyl adjacent to an activating group) is 1. The van der Waals surface area contributed by atoms with Crippen LogP contribution in [0.5, 0.6) is 0 Å². The third-order valence-electron chi connectivity index (χ3n) is 25.0. The standard InChI is InChI=1S/C21H23FN6O2S.2C20H22FN5O2S.2C19H21FN6OS/c1-11(14-6-5-7-15(22)8-14)23-21-25-17(18-19(26-21)24-12(2)31-18)20(30)28-9-16(10-28)27(4)13(3)29;2*1-11(13-5-4-6-14(21)9-13)22-20-24-16(17-18(25-20)23-12(2)29-17)19(27)26-8-7-15(10-26)28-3;2*1-10(12-4-3-5-13(20)8-12)22-19-24-15(16-17(25-19)23-11(2)28-16)18(27)26-7-6-14(21)9-26/h5-8,11,16H,9-10H2,1-4H3,(H,23,25,26);2*4-6,9,11,15H,7-8,10H2,1-3H3,(H,22,24,25);2*3-5,8,10,14H,6-7,9,21H2,1-2H3,(H,22,24,25)/t11-;11-,15+;11-,15-;10-,14+;10-,14-/m00000/s1. The molecule has 0 radical (unpaired) electrons. The highest BCUT2D eigenvalue weighted by Crippen LogP contribution is 2.37. The lowest BCUT2D eigenvalue weighted by atomic mass is 10.1. The molecule has 0 unspecified atom stereocenters. The molecule has 0 spiro atoms. The molecule has 5 aliphatic heterocycles. The van der Waals surface area contributed by atoms with Crippen LogP contribution in [0.25, 0.3) is 51.7 Å². The van der Waals surface area contributed by atoms with Crippen LogP contribution in [0.1, 0.15) is 203 Å². The Morgan fingerprint density at radius 3 is 0.759 bits per heavy atom. The number of amides is 6. The van der Waals surface area contributed by atoms with Gasteiger partial charge >= 0.3 is 0 Å². The number of carbonyl (C=O) groups is 6. The second-order valence-electron chi connectivity index (χ2n) is 35.9. The van der Waals surface area contributed by atoms with Gasteiger partial charge in [0.2, 0.25) is 35.6 Å². The second kappa shape index (κ2) is 45.7. The van der Waals surface area contributed by atoms with Crippen LogP contribution >= 0.6 is 56.7 Å². The zero-order valence-corrected chi connectivity index (χ0v) is 86.0. The normalized spacial score (nSPS) is 17.2. The Morgan fingerprint density at radius 2 is 0.559 bits per heavy atom. The summed E-state index contributed by atoms with van der Waals surface area (Å²) in [4.78, 5) is 154. The van der Waals surface area contributed by atoms with Crippen LogP contribution < -0.4 is 38.1 Å². The molecule has 9 atom stereocenters. The first-order valence-corrected chi connectivity index (χ1v) is 51.1. The Kier molecular flexibility index (Phi) is 32.8. The van der Waals surface area contributed by atoms with Gasteiger partial charge in [0, 0.05) is 106 Å². The Balaban J connectivity index is 0.000000130. The lowest BCUT2D eigenvalue weighted by Gasteiger charge is -2.43. The molecule has 5 saturated heterocycles. The Labute approximate surface area is 851 Å². The van der Waals surface area contributed by atoms with Gasteiger partial charge in [-0.15, -0.1) is 56.7 Å². The number of hydrogen-bond acceptors (Lipinski definition) is 35. The van der Waals surface area contributed by atoms with Crippen molar-refractivity contribution in [3.63, 3.8) is 0 Å². The molecule has 0 bridgehead atoms. The number of nitrogens with zero attached hydrogens (tertiary/aromatic N) is 21. The largest absolute Gasteiger partial charge is 0.380 e. The van der Waals surface area contributed by atoms with E-state index < -0.39 is 0 Å². The monoisotopic (exact) mass is 2070 g/mol. The first kappa shape index (κ1) is 104. The summed E-state index contributed by atoms with van der Waals surface area (Å²) in [7, 11) is 5.05. The molecule has 0 aliphatic carbocycles. The first-order valence-electron chi connectivity index (χ1n) is 47.0. The van der Waals surface area contributed by atoms with Crippen molar-refractivity contribution < 1.29 is 60.2 Å². The molecule has 5 aromatic carbocycles. The summed E-state index contributed by atoms with van der Waals surface area (Å²) in [6, 6.07) is 30.4. The van der Waals surface area contributed by atoms with Crippen molar-refractivity contribution in [1.82, 2.24) is 104 Å². The molecule has 9 N–H and O–H groups in total. The summed E-state index contributed by atoms with van der Waals surface area (Å²) in [6.45, 7) is 25.8. The molecule has 6 amide bonds. The summed E-state index contributed by atoms with van der Waals surface area (Å²) < 4.78 is 81.8. The Hall–Kier alpha value is -13.7. The van der Waals surface area contributed by atoms with Crippen LogP contribution in [0.2, 0.25) is 0 Å². The van der Waals surface area contributed by atoms with E-state index in [1.165, 1.54) is 124 Å². The van der Waals surface area contributed by atoms with E-state index in [0.717, 1.165) is 78.5 Å².